The van der Waals surface area contributed by atoms with Crippen LogP contribution in [0.15, 0.2) is 36.4 Å². The third-order valence-corrected chi connectivity index (χ3v) is 4.75. The van der Waals surface area contributed by atoms with Gasteiger partial charge in [0, 0.05) is 12.2 Å². The molecule has 0 unspecified atom stereocenters. The lowest BCUT2D eigenvalue weighted by Gasteiger charge is -2.24. The highest BCUT2D eigenvalue weighted by atomic mass is 16.2. The lowest BCUT2D eigenvalue weighted by Crippen LogP contribution is -2.45. The molecule has 0 aromatic heterocycles. The van der Waals surface area contributed by atoms with Crippen molar-refractivity contribution >= 4 is 17.5 Å². The third kappa shape index (κ3) is 4.31. The average Bonchev–Trinajstić information content (AvgIpc) is 2.56. The molecular formula is C22H28N2O2. The Morgan fingerprint density at radius 3 is 2.04 bits per heavy atom. The zero-order chi connectivity index (χ0) is 19.5. The predicted molar refractivity (Wildman–Crippen MR) is 106 cm³/mol. The van der Waals surface area contributed by atoms with Gasteiger partial charge in [0.2, 0.25) is 11.8 Å². The molecule has 0 aliphatic rings. The summed E-state index contributed by atoms with van der Waals surface area (Å²) in [6.45, 7) is 11.6. The number of hydrogen-bond acceptors (Lipinski definition) is 2. The SMILES string of the molecule is Cc1cc(C)c(NC(=O)C(C)(C)C(=O)NCc2ccccc2C)c(C)c1. The van der Waals surface area contributed by atoms with Gasteiger partial charge in [0.05, 0.1) is 0 Å². The quantitative estimate of drug-likeness (QED) is 0.792. The Balaban J connectivity index is 2.09. The van der Waals surface area contributed by atoms with Gasteiger partial charge < -0.3 is 10.6 Å². The smallest absolute Gasteiger partial charge is 0.239 e. The summed E-state index contributed by atoms with van der Waals surface area (Å²) in [7, 11) is 0. The van der Waals surface area contributed by atoms with Gasteiger partial charge in [-0.25, -0.2) is 0 Å². The molecule has 0 spiro atoms. The lowest BCUT2D eigenvalue weighted by atomic mass is 9.90. The molecule has 0 aliphatic heterocycles. The van der Waals surface area contributed by atoms with Crippen LogP contribution in [0.1, 0.15) is 41.7 Å². The van der Waals surface area contributed by atoms with E-state index in [4.69, 9.17) is 0 Å². The van der Waals surface area contributed by atoms with Crippen molar-refractivity contribution in [3.05, 3.63) is 64.2 Å². The number of hydrogen-bond donors (Lipinski definition) is 2. The molecule has 4 nitrogen and oxygen atoms in total. The van der Waals surface area contributed by atoms with Crippen molar-refractivity contribution in [1.29, 1.82) is 0 Å². The standard InChI is InChI=1S/C22H28N2O2/c1-14-11-16(3)19(17(4)12-14)24-21(26)22(5,6)20(25)23-13-18-10-8-7-9-15(18)2/h7-12H,13H2,1-6H3,(H,23,25)(H,24,26). The van der Waals surface area contributed by atoms with E-state index in [9.17, 15) is 9.59 Å². The Morgan fingerprint density at radius 1 is 0.885 bits per heavy atom. The van der Waals surface area contributed by atoms with Crippen molar-refractivity contribution in [3.63, 3.8) is 0 Å². The van der Waals surface area contributed by atoms with Gasteiger partial charge in [0.15, 0.2) is 0 Å². The number of anilines is 1. The van der Waals surface area contributed by atoms with Gasteiger partial charge >= 0.3 is 0 Å². The first-order chi connectivity index (χ1) is 12.1. The van der Waals surface area contributed by atoms with Crippen molar-refractivity contribution in [2.24, 2.45) is 5.41 Å². The number of aryl methyl sites for hydroxylation is 4. The highest BCUT2D eigenvalue weighted by Crippen LogP contribution is 2.25. The molecule has 2 aromatic rings. The maximum atomic E-state index is 12.8. The number of rotatable bonds is 5. The minimum absolute atomic E-state index is 0.291. The Labute approximate surface area is 156 Å². The number of carbonyl (C=O) groups excluding carboxylic acids is 2. The fourth-order valence-electron chi connectivity index (χ4n) is 2.95. The second-order valence-electron chi connectivity index (χ2n) is 7.46. The summed E-state index contributed by atoms with van der Waals surface area (Å²) in [6, 6.07) is 11.9. The van der Waals surface area contributed by atoms with Gasteiger partial charge in [-0.2, -0.15) is 0 Å². The van der Waals surface area contributed by atoms with Crippen molar-refractivity contribution in [2.75, 3.05) is 5.32 Å². The molecule has 0 saturated heterocycles. The van der Waals surface area contributed by atoms with E-state index in [1.165, 1.54) is 0 Å². The second-order valence-corrected chi connectivity index (χ2v) is 7.46. The fraction of sp³-hybridized carbons (Fsp3) is 0.364. The van der Waals surface area contributed by atoms with E-state index in [-0.39, 0.29) is 11.8 Å². The van der Waals surface area contributed by atoms with Crippen LogP contribution in [0.5, 0.6) is 0 Å². The maximum absolute atomic E-state index is 12.8. The van der Waals surface area contributed by atoms with Crippen LogP contribution < -0.4 is 10.6 Å². The molecule has 0 heterocycles. The van der Waals surface area contributed by atoms with E-state index >= 15 is 0 Å². The lowest BCUT2D eigenvalue weighted by molar-refractivity contribution is -0.138. The minimum Gasteiger partial charge on any atom is -0.351 e. The van der Waals surface area contributed by atoms with Crippen molar-refractivity contribution in [3.8, 4) is 0 Å². The molecule has 2 amide bonds. The molecule has 0 bridgehead atoms. The molecule has 26 heavy (non-hydrogen) atoms. The molecule has 2 rings (SSSR count). The molecule has 0 aliphatic carbocycles. The summed E-state index contributed by atoms with van der Waals surface area (Å²) >= 11 is 0. The summed E-state index contributed by atoms with van der Waals surface area (Å²) in [5.74, 6) is -0.601. The largest absolute Gasteiger partial charge is 0.351 e. The summed E-state index contributed by atoms with van der Waals surface area (Å²) < 4.78 is 0. The van der Waals surface area contributed by atoms with Crippen LogP contribution >= 0.6 is 0 Å². The van der Waals surface area contributed by atoms with Crippen LogP contribution in [0, 0.1) is 33.1 Å². The van der Waals surface area contributed by atoms with Gasteiger partial charge in [0.1, 0.15) is 5.41 Å². The number of amides is 2. The second kappa shape index (κ2) is 7.73. The van der Waals surface area contributed by atoms with E-state index < -0.39 is 5.41 Å². The van der Waals surface area contributed by atoms with Crippen LogP contribution in [-0.4, -0.2) is 11.8 Å². The average molecular weight is 352 g/mol. The maximum Gasteiger partial charge on any atom is 0.239 e. The Kier molecular flexibility index (Phi) is 5.86. The van der Waals surface area contributed by atoms with Crippen LogP contribution in [0.4, 0.5) is 5.69 Å². The normalized spacial score (nSPS) is 11.2. The molecule has 0 fully saturated rings. The molecule has 0 radical (unpaired) electrons. The van der Waals surface area contributed by atoms with Gasteiger partial charge in [0.25, 0.3) is 0 Å². The Bertz CT molecular complexity index is 815. The van der Waals surface area contributed by atoms with Crippen LogP contribution in [0.2, 0.25) is 0 Å². The minimum atomic E-state index is -1.17. The number of benzene rings is 2. The van der Waals surface area contributed by atoms with Gasteiger partial charge in [-0.1, -0.05) is 42.0 Å². The highest BCUT2D eigenvalue weighted by Gasteiger charge is 2.36. The summed E-state index contributed by atoms with van der Waals surface area (Å²) in [5, 5.41) is 5.82. The molecule has 0 atom stereocenters. The Morgan fingerprint density at radius 2 is 1.46 bits per heavy atom. The van der Waals surface area contributed by atoms with E-state index in [1.807, 2.05) is 64.1 Å². The number of carbonyl (C=O) groups is 2. The van der Waals surface area contributed by atoms with E-state index in [0.717, 1.165) is 33.5 Å². The third-order valence-electron chi connectivity index (χ3n) is 4.75. The zero-order valence-electron chi connectivity index (χ0n) is 16.5. The van der Waals surface area contributed by atoms with E-state index in [2.05, 4.69) is 10.6 Å². The molecule has 0 saturated carbocycles. The topological polar surface area (TPSA) is 58.2 Å². The molecule has 4 heteroatoms. The zero-order valence-corrected chi connectivity index (χ0v) is 16.5. The van der Waals surface area contributed by atoms with E-state index in [1.54, 1.807) is 13.8 Å². The molecule has 138 valence electrons. The fourth-order valence-corrected chi connectivity index (χ4v) is 2.95. The molecular weight excluding hydrogens is 324 g/mol. The van der Waals surface area contributed by atoms with Crippen molar-refractivity contribution < 1.29 is 9.59 Å². The van der Waals surface area contributed by atoms with Crippen LogP contribution in [0.3, 0.4) is 0 Å². The predicted octanol–water partition coefficient (Wildman–Crippen LogP) is 4.20. The van der Waals surface area contributed by atoms with Crippen molar-refractivity contribution in [1.82, 2.24) is 5.32 Å². The monoisotopic (exact) mass is 352 g/mol. The summed E-state index contributed by atoms with van der Waals surface area (Å²) in [5.41, 5.74) is 4.89. The molecule has 2 aromatic carbocycles. The van der Waals surface area contributed by atoms with Crippen LogP contribution in [0.25, 0.3) is 0 Å². The van der Waals surface area contributed by atoms with Gasteiger partial charge in [-0.3, -0.25) is 9.59 Å². The molecule has 2 N–H and O–H groups in total. The van der Waals surface area contributed by atoms with Gasteiger partial charge in [-0.05, 0) is 63.8 Å². The summed E-state index contributed by atoms with van der Waals surface area (Å²) in [4.78, 5) is 25.4. The highest BCUT2D eigenvalue weighted by molar-refractivity contribution is 6.10. The Hall–Kier alpha value is -2.62. The first-order valence-corrected chi connectivity index (χ1v) is 8.85. The first kappa shape index (κ1) is 19.7. The van der Waals surface area contributed by atoms with Crippen molar-refractivity contribution in [2.45, 2.75) is 48.1 Å². The summed E-state index contributed by atoms with van der Waals surface area (Å²) in [6.07, 6.45) is 0. The van der Waals surface area contributed by atoms with E-state index in [0.29, 0.717) is 6.54 Å². The first-order valence-electron chi connectivity index (χ1n) is 8.85. The van der Waals surface area contributed by atoms with Crippen LogP contribution in [-0.2, 0) is 16.1 Å². The number of nitrogens with one attached hydrogen (secondary N) is 2. The van der Waals surface area contributed by atoms with Gasteiger partial charge in [-0.15, -0.1) is 0 Å².